The van der Waals surface area contributed by atoms with Crippen molar-refractivity contribution in [1.29, 1.82) is 0 Å². The van der Waals surface area contributed by atoms with E-state index in [1.165, 1.54) is 31.2 Å². The molecule has 3 heteroatoms. The van der Waals surface area contributed by atoms with Gasteiger partial charge in [-0.3, -0.25) is 0 Å². The first-order valence-corrected chi connectivity index (χ1v) is 7.68. The van der Waals surface area contributed by atoms with Gasteiger partial charge in [-0.25, -0.2) is 0 Å². The number of nitrogens with one attached hydrogen (secondary N) is 1. The lowest BCUT2D eigenvalue weighted by atomic mass is 9.74. The van der Waals surface area contributed by atoms with E-state index in [9.17, 15) is 0 Å². The van der Waals surface area contributed by atoms with Gasteiger partial charge >= 0.3 is 0 Å². The number of hydrogen-bond acceptors (Lipinski definition) is 3. The Hall–Kier alpha value is -1.22. The lowest BCUT2D eigenvalue weighted by Gasteiger charge is -2.43. The summed E-state index contributed by atoms with van der Waals surface area (Å²) >= 11 is 0. The second-order valence-corrected chi connectivity index (χ2v) is 6.50. The molecule has 1 N–H and O–H groups in total. The predicted octanol–water partition coefficient (Wildman–Crippen LogP) is 3.69. The highest BCUT2D eigenvalue weighted by molar-refractivity contribution is 5.44. The maximum absolute atomic E-state index is 6.38. The van der Waals surface area contributed by atoms with Gasteiger partial charge in [0.15, 0.2) is 0 Å². The zero-order valence-electron chi connectivity index (χ0n) is 12.7. The zero-order valence-corrected chi connectivity index (χ0v) is 12.7. The third-order valence-corrected chi connectivity index (χ3v) is 4.88. The molecule has 3 nitrogen and oxygen atoms in total. The monoisotopic (exact) mass is 275 g/mol. The summed E-state index contributed by atoms with van der Waals surface area (Å²) < 4.78 is 11.7. The number of fused-ring (bicyclic) bond motifs is 1. The van der Waals surface area contributed by atoms with Gasteiger partial charge in [-0.15, -0.1) is 0 Å². The van der Waals surface area contributed by atoms with Crippen LogP contribution in [0.15, 0.2) is 18.2 Å². The van der Waals surface area contributed by atoms with E-state index in [1.807, 2.05) is 19.2 Å². The van der Waals surface area contributed by atoms with Crippen molar-refractivity contribution >= 4 is 0 Å². The Kier molecular flexibility index (Phi) is 3.63. The molecule has 0 amide bonds. The number of rotatable bonds is 4. The van der Waals surface area contributed by atoms with Crippen LogP contribution >= 0.6 is 0 Å². The average Bonchev–Trinajstić information content (AvgIpc) is 2.41. The summed E-state index contributed by atoms with van der Waals surface area (Å²) in [6, 6.07) is 6.53. The summed E-state index contributed by atoms with van der Waals surface area (Å²) in [6.45, 7) is 2.26. The molecule has 0 bridgehead atoms. The average molecular weight is 275 g/mol. The molecule has 110 valence electrons. The molecular formula is C17H25NO2. The Morgan fingerprint density at radius 1 is 1.40 bits per heavy atom. The Morgan fingerprint density at radius 3 is 2.80 bits per heavy atom. The van der Waals surface area contributed by atoms with Crippen molar-refractivity contribution in [2.75, 3.05) is 14.2 Å². The predicted molar refractivity (Wildman–Crippen MR) is 80.4 cm³/mol. The number of hydrogen-bond donors (Lipinski definition) is 1. The summed E-state index contributed by atoms with van der Waals surface area (Å²) in [5.74, 6) is 2.70. The van der Waals surface area contributed by atoms with E-state index in [2.05, 4.69) is 18.3 Å². The summed E-state index contributed by atoms with van der Waals surface area (Å²) in [4.78, 5) is 0. The number of ether oxygens (including phenoxy) is 2. The van der Waals surface area contributed by atoms with E-state index in [0.29, 0.717) is 6.04 Å². The van der Waals surface area contributed by atoms with E-state index in [0.717, 1.165) is 23.8 Å². The van der Waals surface area contributed by atoms with Crippen molar-refractivity contribution in [1.82, 2.24) is 5.32 Å². The Morgan fingerprint density at radius 2 is 2.20 bits per heavy atom. The molecule has 20 heavy (non-hydrogen) atoms. The molecule has 0 aromatic heterocycles. The van der Waals surface area contributed by atoms with Gasteiger partial charge in [0.05, 0.1) is 7.11 Å². The van der Waals surface area contributed by atoms with Gasteiger partial charge in [0.1, 0.15) is 17.1 Å². The third kappa shape index (κ3) is 2.51. The highest BCUT2D eigenvalue weighted by Crippen LogP contribution is 2.45. The lowest BCUT2D eigenvalue weighted by molar-refractivity contribution is 0.0132. The van der Waals surface area contributed by atoms with E-state index >= 15 is 0 Å². The van der Waals surface area contributed by atoms with Crippen molar-refractivity contribution in [2.24, 2.45) is 5.92 Å². The van der Waals surface area contributed by atoms with Gasteiger partial charge < -0.3 is 14.8 Å². The van der Waals surface area contributed by atoms with Crippen LogP contribution in [0.25, 0.3) is 0 Å². The fourth-order valence-corrected chi connectivity index (χ4v) is 3.56. The van der Waals surface area contributed by atoms with Gasteiger partial charge in [-0.2, -0.15) is 0 Å². The van der Waals surface area contributed by atoms with Crippen molar-refractivity contribution in [2.45, 2.75) is 50.7 Å². The molecule has 0 spiro atoms. The molecule has 2 unspecified atom stereocenters. The van der Waals surface area contributed by atoms with Crippen molar-refractivity contribution in [3.05, 3.63) is 23.8 Å². The molecule has 2 atom stereocenters. The van der Waals surface area contributed by atoms with Crippen molar-refractivity contribution in [3.8, 4) is 11.5 Å². The van der Waals surface area contributed by atoms with Crippen LogP contribution in [0.5, 0.6) is 11.5 Å². The van der Waals surface area contributed by atoms with Crippen molar-refractivity contribution < 1.29 is 9.47 Å². The molecule has 1 aliphatic carbocycles. The first-order chi connectivity index (χ1) is 9.63. The Labute approximate surface area is 121 Å². The normalized spacial score (nSPS) is 29.2. The van der Waals surface area contributed by atoms with Crippen molar-refractivity contribution in [3.63, 3.8) is 0 Å². The summed E-state index contributed by atoms with van der Waals surface area (Å²) in [5, 5.41) is 3.44. The first-order valence-electron chi connectivity index (χ1n) is 7.68. The molecule has 1 heterocycles. The van der Waals surface area contributed by atoms with E-state index in [4.69, 9.17) is 9.47 Å². The van der Waals surface area contributed by atoms with Crippen LogP contribution in [-0.4, -0.2) is 19.8 Å². The summed E-state index contributed by atoms with van der Waals surface area (Å²) in [5.41, 5.74) is 1.19. The minimum Gasteiger partial charge on any atom is -0.497 e. The zero-order chi connectivity index (χ0) is 14.2. The van der Waals surface area contributed by atoms with Crippen LogP contribution in [0.2, 0.25) is 0 Å². The van der Waals surface area contributed by atoms with Gasteiger partial charge in [0.2, 0.25) is 0 Å². The smallest absolute Gasteiger partial charge is 0.128 e. The standard InChI is InChI=1S/C17H25NO2/c1-17(10-12-5-4-6-12)11-15(18-2)14-8-7-13(19-3)9-16(14)20-17/h7-9,12,15,18H,4-6,10-11H2,1-3H3. The lowest BCUT2D eigenvalue weighted by Crippen LogP contribution is -2.43. The fraction of sp³-hybridized carbons (Fsp3) is 0.647. The van der Waals surface area contributed by atoms with Crippen LogP contribution in [-0.2, 0) is 0 Å². The molecule has 1 aromatic carbocycles. The highest BCUT2D eigenvalue weighted by Gasteiger charge is 2.39. The van der Waals surface area contributed by atoms with Crippen LogP contribution in [0.3, 0.4) is 0 Å². The highest BCUT2D eigenvalue weighted by atomic mass is 16.5. The molecule has 1 saturated carbocycles. The van der Waals surface area contributed by atoms with Crippen LogP contribution in [0.4, 0.5) is 0 Å². The first kappa shape index (κ1) is 13.7. The number of methoxy groups -OCH3 is 1. The van der Waals surface area contributed by atoms with Crippen LogP contribution in [0, 0.1) is 5.92 Å². The molecule has 1 fully saturated rings. The van der Waals surface area contributed by atoms with E-state index < -0.39 is 0 Å². The number of benzene rings is 1. The Bertz CT molecular complexity index is 484. The minimum atomic E-state index is -0.0574. The SMILES string of the molecule is CNC1CC(C)(CC2CCC2)Oc2cc(OC)ccc21. The molecule has 2 aliphatic rings. The molecule has 0 radical (unpaired) electrons. The molecular weight excluding hydrogens is 250 g/mol. The fourth-order valence-electron chi connectivity index (χ4n) is 3.56. The van der Waals surface area contributed by atoms with Crippen LogP contribution < -0.4 is 14.8 Å². The van der Waals surface area contributed by atoms with Crippen LogP contribution in [0.1, 0.15) is 50.6 Å². The topological polar surface area (TPSA) is 30.5 Å². The van der Waals surface area contributed by atoms with Gasteiger partial charge in [-0.1, -0.05) is 25.3 Å². The molecule has 1 aromatic rings. The third-order valence-electron chi connectivity index (χ3n) is 4.88. The largest absolute Gasteiger partial charge is 0.497 e. The van der Waals surface area contributed by atoms with Gasteiger partial charge in [0, 0.05) is 24.1 Å². The molecule has 0 saturated heterocycles. The maximum atomic E-state index is 6.38. The minimum absolute atomic E-state index is 0.0574. The van der Waals surface area contributed by atoms with E-state index in [1.54, 1.807) is 7.11 Å². The molecule has 3 rings (SSSR count). The Balaban J connectivity index is 1.86. The molecule has 1 aliphatic heterocycles. The quantitative estimate of drug-likeness (QED) is 0.909. The summed E-state index contributed by atoms with van der Waals surface area (Å²) in [6.07, 6.45) is 6.34. The van der Waals surface area contributed by atoms with Gasteiger partial charge in [-0.05, 0) is 32.4 Å². The second kappa shape index (κ2) is 5.28. The van der Waals surface area contributed by atoms with Gasteiger partial charge in [0.25, 0.3) is 0 Å². The summed E-state index contributed by atoms with van der Waals surface area (Å²) in [7, 11) is 3.74. The second-order valence-electron chi connectivity index (χ2n) is 6.50. The maximum Gasteiger partial charge on any atom is 0.128 e. The van der Waals surface area contributed by atoms with E-state index in [-0.39, 0.29) is 5.60 Å².